The summed E-state index contributed by atoms with van der Waals surface area (Å²) in [5, 5.41) is 9.66. The van der Waals surface area contributed by atoms with Gasteiger partial charge in [0.05, 0.1) is 18.0 Å². The van der Waals surface area contributed by atoms with Crippen molar-refractivity contribution in [2.45, 2.75) is 32.4 Å². The highest BCUT2D eigenvalue weighted by Gasteiger charge is 2.19. The summed E-state index contributed by atoms with van der Waals surface area (Å²) in [5.41, 5.74) is 0. The van der Waals surface area contributed by atoms with Gasteiger partial charge in [-0.05, 0) is 32.3 Å². The van der Waals surface area contributed by atoms with Gasteiger partial charge in [0.15, 0.2) is 0 Å². The number of likely N-dealkylation sites (N-methyl/N-ethyl adjacent to an activating group) is 1. The van der Waals surface area contributed by atoms with Crippen molar-refractivity contribution in [3.05, 3.63) is 28.5 Å². The van der Waals surface area contributed by atoms with Crippen molar-refractivity contribution in [3.8, 4) is 5.75 Å². The zero-order valence-corrected chi connectivity index (χ0v) is 12.6. The Balaban J connectivity index is 2.22. The van der Waals surface area contributed by atoms with E-state index < -0.39 is 0 Å². The van der Waals surface area contributed by atoms with E-state index in [2.05, 4.69) is 29.2 Å². The molecule has 0 bridgehead atoms. The summed E-state index contributed by atoms with van der Waals surface area (Å²) < 4.78 is 7.36. The Morgan fingerprint density at radius 2 is 2.26 bits per heavy atom. The average Bonchev–Trinajstić information content (AvgIpc) is 3.04. The number of hydrogen-bond donors (Lipinski definition) is 1. The van der Waals surface area contributed by atoms with Gasteiger partial charge in [-0.15, -0.1) is 11.3 Å². The zero-order valence-electron chi connectivity index (χ0n) is 11.8. The molecule has 1 unspecified atom stereocenters. The summed E-state index contributed by atoms with van der Waals surface area (Å²) in [6.45, 7) is 4.22. The van der Waals surface area contributed by atoms with Crippen molar-refractivity contribution >= 4 is 11.3 Å². The first-order chi connectivity index (χ1) is 9.17. The monoisotopic (exact) mass is 280 g/mol. The van der Waals surface area contributed by atoms with E-state index in [9.17, 15) is 0 Å². The fourth-order valence-corrected chi connectivity index (χ4v) is 3.06. The van der Waals surface area contributed by atoms with E-state index in [1.54, 1.807) is 24.8 Å². The maximum absolute atomic E-state index is 5.39. The maximum atomic E-state index is 5.39. The summed E-state index contributed by atoms with van der Waals surface area (Å²) in [6, 6.07) is 2.51. The van der Waals surface area contributed by atoms with Crippen LogP contribution in [0.3, 0.4) is 0 Å². The van der Waals surface area contributed by atoms with E-state index in [1.807, 2.05) is 23.2 Å². The molecule has 0 aliphatic carbocycles. The molecule has 5 nitrogen and oxygen atoms in total. The molecular formula is C13H20N4OS. The van der Waals surface area contributed by atoms with Crippen LogP contribution in [0.1, 0.15) is 36.6 Å². The molecule has 0 fully saturated rings. The van der Waals surface area contributed by atoms with Crippen LogP contribution < -0.4 is 10.1 Å². The molecule has 104 valence electrons. The molecule has 2 rings (SSSR count). The standard InChI is InChI=1S/C13H20N4OS/c1-9(2)17-12(15-8-16-17)7-10(14-3)13-11(18-4)5-6-19-13/h5-6,8-10,14H,7H2,1-4H3. The first-order valence-corrected chi connectivity index (χ1v) is 7.22. The number of aromatic nitrogens is 3. The lowest BCUT2D eigenvalue weighted by Gasteiger charge is -2.17. The van der Waals surface area contributed by atoms with Gasteiger partial charge in [-0.25, -0.2) is 9.67 Å². The number of methoxy groups -OCH3 is 1. The highest BCUT2D eigenvalue weighted by molar-refractivity contribution is 7.10. The van der Waals surface area contributed by atoms with Gasteiger partial charge in [0.2, 0.25) is 0 Å². The fourth-order valence-electron chi connectivity index (χ4n) is 2.09. The average molecular weight is 280 g/mol. The van der Waals surface area contributed by atoms with Crippen LogP contribution in [-0.2, 0) is 6.42 Å². The molecule has 0 aliphatic rings. The lowest BCUT2D eigenvalue weighted by molar-refractivity contribution is 0.402. The molecule has 2 aromatic heterocycles. The number of nitrogens with zero attached hydrogens (tertiary/aromatic N) is 3. The van der Waals surface area contributed by atoms with Crippen molar-refractivity contribution in [1.29, 1.82) is 0 Å². The molecule has 19 heavy (non-hydrogen) atoms. The van der Waals surface area contributed by atoms with Crippen LogP contribution in [0.25, 0.3) is 0 Å². The molecule has 0 aliphatic heterocycles. The predicted molar refractivity (Wildman–Crippen MR) is 76.8 cm³/mol. The minimum atomic E-state index is 0.191. The largest absolute Gasteiger partial charge is 0.496 e. The topological polar surface area (TPSA) is 52.0 Å². The van der Waals surface area contributed by atoms with Gasteiger partial charge in [0.25, 0.3) is 0 Å². The molecular weight excluding hydrogens is 260 g/mol. The van der Waals surface area contributed by atoms with E-state index in [1.165, 1.54) is 4.88 Å². The Labute approximate surface area is 117 Å². The van der Waals surface area contributed by atoms with Crippen molar-refractivity contribution in [3.63, 3.8) is 0 Å². The SMILES string of the molecule is CNC(Cc1ncnn1C(C)C)c1sccc1OC. The third kappa shape index (κ3) is 2.96. The number of thiophene rings is 1. The van der Waals surface area contributed by atoms with Crippen molar-refractivity contribution in [1.82, 2.24) is 20.1 Å². The third-order valence-corrected chi connectivity index (χ3v) is 4.08. The molecule has 2 aromatic rings. The molecule has 1 N–H and O–H groups in total. The van der Waals surface area contributed by atoms with Crippen LogP contribution in [0.5, 0.6) is 5.75 Å². The Morgan fingerprint density at radius 3 is 2.89 bits per heavy atom. The first kappa shape index (κ1) is 14.0. The first-order valence-electron chi connectivity index (χ1n) is 6.34. The lowest BCUT2D eigenvalue weighted by atomic mass is 10.1. The maximum Gasteiger partial charge on any atom is 0.138 e. The van der Waals surface area contributed by atoms with Crippen molar-refractivity contribution in [2.24, 2.45) is 0 Å². The number of hydrogen-bond acceptors (Lipinski definition) is 5. The normalized spacial score (nSPS) is 12.9. The van der Waals surface area contributed by atoms with E-state index in [-0.39, 0.29) is 6.04 Å². The second-order valence-electron chi connectivity index (χ2n) is 4.61. The van der Waals surface area contributed by atoms with E-state index in [0.717, 1.165) is 18.0 Å². The smallest absolute Gasteiger partial charge is 0.138 e. The summed E-state index contributed by atoms with van der Waals surface area (Å²) in [7, 11) is 3.66. The second kappa shape index (κ2) is 6.16. The minimum Gasteiger partial charge on any atom is -0.496 e. The number of rotatable bonds is 6. The Kier molecular flexibility index (Phi) is 4.55. The number of nitrogens with one attached hydrogen (secondary N) is 1. The molecule has 2 heterocycles. The van der Waals surface area contributed by atoms with E-state index in [0.29, 0.717) is 6.04 Å². The Morgan fingerprint density at radius 1 is 1.47 bits per heavy atom. The minimum absolute atomic E-state index is 0.191. The van der Waals surface area contributed by atoms with E-state index in [4.69, 9.17) is 4.74 Å². The molecule has 0 aromatic carbocycles. The molecule has 0 spiro atoms. The van der Waals surface area contributed by atoms with Crippen LogP contribution in [0.2, 0.25) is 0 Å². The molecule has 1 atom stereocenters. The van der Waals surface area contributed by atoms with Crippen LogP contribution in [0.15, 0.2) is 17.8 Å². The van der Waals surface area contributed by atoms with Gasteiger partial charge in [0.1, 0.15) is 17.9 Å². The Bertz CT molecular complexity index is 520. The predicted octanol–water partition coefficient (Wildman–Crippen LogP) is 2.43. The summed E-state index contributed by atoms with van der Waals surface area (Å²) >= 11 is 1.70. The van der Waals surface area contributed by atoms with Gasteiger partial charge < -0.3 is 10.1 Å². The van der Waals surface area contributed by atoms with E-state index >= 15 is 0 Å². The summed E-state index contributed by atoms with van der Waals surface area (Å²) in [4.78, 5) is 5.56. The van der Waals surface area contributed by atoms with Crippen molar-refractivity contribution < 1.29 is 4.74 Å². The van der Waals surface area contributed by atoms with Crippen LogP contribution in [0.4, 0.5) is 0 Å². The highest BCUT2D eigenvalue weighted by atomic mass is 32.1. The second-order valence-corrected chi connectivity index (χ2v) is 5.56. The van der Waals surface area contributed by atoms with Crippen molar-refractivity contribution in [2.75, 3.05) is 14.2 Å². The Hall–Kier alpha value is -1.40. The van der Waals surface area contributed by atoms with Gasteiger partial charge in [-0.3, -0.25) is 0 Å². The fraction of sp³-hybridized carbons (Fsp3) is 0.538. The molecule has 0 saturated heterocycles. The quantitative estimate of drug-likeness (QED) is 0.883. The lowest BCUT2D eigenvalue weighted by Crippen LogP contribution is -2.21. The van der Waals surface area contributed by atoms with Crippen LogP contribution >= 0.6 is 11.3 Å². The molecule has 0 amide bonds. The summed E-state index contributed by atoms with van der Waals surface area (Å²) in [5.74, 6) is 1.92. The molecule has 6 heteroatoms. The van der Waals surface area contributed by atoms with Gasteiger partial charge in [-0.1, -0.05) is 0 Å². The third-order valence-electron chi connectivity index (χ3n) is 3.07. The van der Waals surface area contributed by atoms with Crippen LogP contribution in [-0.4, -0.2) is 28.9 Å². The molecule has 0 radical (unpaired) electrons. The molecule has 0 saturated carbocycles. The summed E-state index contributed by atoms with van der Waals surface area (Å²) in [6.07, 6.45) is 2.42. The van der Waals surface area contributed by atoms with Gasteiger partial charge in [0, 0.05) is 12.5 Å². The van der Waals surface area contributed by atoms with Gasteiger partial charge >= 0.3 is 0 Å². The zero-order chi connectivity index (χ0) is 13.8. The highest BCUT2D eigenvalue weighted by Crippen LogP contribution is 2.32. The van der Waals surface area contributed by atoms with Crippen LogP contribution in [0, 0.1) is 0 Å². The number of ether oxygens (including phenoxy) is 1. The van der Waals surface area contributed by atoms with Gasteiger partial charge in [-0.2, -0.15) is 5.10 Å².